The minimum atomic E-state index is 0. The van der Waals surface area contributed by atoms with Crippen molar-refractivity contribution in [2.75, 3.05) is 11.5 Å². The second-order valence-electron chi connectivity index (χ2n) is 4.24. The zero-order valence-corrected chi connectivity index (χ0v) is 10.2. The monoisotopic (exact) mass is 229 g/mol. The molecule has 0 radical (unpaired) electrons. The molecule has 0 fully saturated rings. The molecule has 1 nitrogen and oxygen atoms in total. The van der Waals surface area contributed by atoms with E-state index in [1.54, 1.807) is 0 Å². The molecule has 1 aliphatic heterocycles. The number of nitrogen functional groups attached to an aromatic ring is 1. The Morgan fingerprint density at radius 3 is 2.79 bits per heavy atom. The van der Waals surface area contributed by atoms with E-state index in [2.05, 4.69) is 26.0 Å². The maximum absolute atomic E-state index is 5.79. The zero-order chi connectivity index (χ0) is 9.47. The molecule has 0 bridgehead atoms. The molecule has 78 valence electrons. The number of thioether (sulfide) groups is 1. The van der Waals surface area contributed by atoms with Crippen molar-refractivity contribution in [1.29, 1.82) is 0 Å². The number of anilines is 1. The van der Waals surface area contributed by atoms with Crippen LogP contribution >= 0.6 is 24.2 Å². The van der Waals surface area contributed by atoms with Gasteiger partial charge in [-0.3, -0.25) is 0 Å². The molecule has 2 N–H and O–H groups in total. The predicted octanol–water partition coefficient (Wildman–Crippen LogP) is 3.46. The fourth-order valence-corrected chi connectivity index (χ4v) is 3.24. The molecule has 0 atom stereocenters. The summed E-state index contributed by atoms with van der Waals surface area (Å²) in [5.74, 6) is 1.23. The second kappa shape index (κ2) is 4.03. The van der Waals surface area contributed by atoms with E-state index in [9.17, 15) is 0 Å². The summed E-state index contributed by atoms with van der Waals surface area (Å²) in [6, 6.07) is 6.27. The van der Waals surface area contributed by atoms with Crippen molar-refractivity contribution in [1.82, 2.24) is 0 Å². The molecule has 2 rings (SSSR count). The van der Waals surface area contributed by atoms with Gasteiger partial charge in [-0.1, -0.05) is 13.8 Å². The van der Waals surface area contributed by atoms with E-state index in [4.69, 9.17) is 5.73 Å². The Kier molecular flexibility index (Phi) is 3.38. The van der Waals surface area contributed by atoms with Crippen LogP contribution in [0.25, 0.3) is 0 Å². The smallest absolute Gasteiger partial charge is 0.0317 e. The number of benzene rings is 1. The fourth-order valence-electron chi connectivity index (χ4n) is 1.75. The zero-order valence-electron chi connectivity index (χ0n) is 8.54. The number of fused-ring (bicyclic) bond motifs is 1. The Hall–Kier alpha value is -0.340. The average Bonchev–Trinajstić information content (AvgIpc) is 2.06. The molecular weight excluding hydrogens is 214 g/mol. The summed E-state index contributed by atoms with van der Waals surface area (Å²) < 4.78 is 0. The Balaban J connectivity index is 0.000000980. The van der Waals surface area contributed by atoms with Crippen LogP contribution in [0.15, 0.2) is 23.1 Å². The molecule has 0 aliphatic carbocycles. The van der Waals surface area contributed by atoms with Gasteiger partial charge in [-0.2, -0.15) is 0 Å². The normalized spacial score (nSPS) is 18.1. The van der Waals surface area contributed by atoms with E-state index in [0.29, 0.717) is 5.41 Å². The van der Waals surface area contributed by atoms with Crippen LogP contribution in [0.4, 0.5) is 5.69 Å². The number of nitrogens with two attached hydrogens (primary N) is 1. The first-order valence-electron chi connectivity index (χ1n) is 4.62. The predicted molar refractivity (Wildman–Crippen MR) is 66.5 cm³/mol. The van der Waals surface area contributed by atoms with Crippen molar-refractivity contribution in [3.63, 3.8) is 0 Å². The van der Waals surface area contributed by atoms with Gasteiger partial charge in [0.15, 0.2) is 0 Å². The van der Waals surface area contributed by atoms with Gasteiger partial charge >= 0.3 is 0 Å². The molecule has 0 unspecified atom stereocenters. The summed E-state index contributed by atoms with van der Waals surface area (Å²) in [5, 5.41) is 0. The maximum Gasteiger partial charge on any atom is 0.0317 e. The second-order valence-corrected chi connectivity index (χ2v) is 5.37. The summed E-state index contributed by atoms with van der Waals surface area (Å²) in [4.78, 5) is 1.41. The van der Waals surface area contributed by atoms with Crippen molar-refractivity contribution in [3.05, 3.63) is 23.8 Å². The Morgan fingerprint density at radius 1 is 1.36 bits per heavy atom. The highest BCUT2D eigenvalue weighted by Gasteiger charge is 2.27. The van der Waals surface area contributed by atoms with E-state index in [1.807, 2.05) is 17.8 Å². The van der Waals surface area contributed by atoms with Crippen molar-refractivity contribution < 1.29 is 0 Å². The third-order valence-electron chi connectivity index (χ3n) is 2.72. The molecule has 1 aromatic rings. The van der Waals surface area contributed by atoms with Crippen molar-refractivity contribution in [3.8, 4) is 0 Å². The Morgan fingerprint density at radius 2 is 2.07 bits per heavy atom. The fraction of sp³-hybridized carbons (Fsp3) is 0.455. The highest BCUT2D eigenvalue weighted by molar-refractivity contribution is 7.99. The summed E-state index contributed by atoms with van der Waals surface area (Å²) in [7, 11) is 0. The minimum Gasteiger partial charge on any atom is -0.399 e. The molecule has 0 amide bonds. The first kappa shape index (κ1) is 11.7. The van der Waals surface area contributed by atoms with Gasteiger partial charge in [0.05, 0.1) is 0 Å². The lowest BCUT2D eigenvalue weighted by molar-refractivity contribution is 0.494. The standard InChI is InChI=1S/C11H15NS.ClH/c1-11(2)5-6-13-10-4-3-8(12)7-9(10)11;/h3-4,7H,5-6,12H2,1-2H3;1H. The Bertz CT molecular complexity index is 336. The molecule has 3 heteroatoms. The summed E-state index contributed by atoms with van der Waals surface area (Å²) in [6.07, 6.45) is 1.24. The first-order valence-corrected chi connectivity index (χ1v) is 5.61. The molecular formula is C11H16ClNS. The van der Waals surface area contributed by atoms with Crippen LogP contribution in [-0.4, -0.2) is 5.75 Å². The molecule has 14 heavy (non-hydrogen) atoms. The van der Waals surface area contributed by atoms with Gasteiger partial charge in [-0.15, -0.1) is 24.2 Å². The highest BCUT2D eigenvalue weighted by Crippen LogP contribution is 2.41. The number of hydrogen-bond acceptors (Lipinski definition) is 2. The Labute approximate surface area is 95.9 Å². The van der Waals surface area contributed by atoms with E-state index in [0.717, 1.165) is 5.69 Å². The largest absolute Gasteiger partial charge is 0.399 e. The summed E-state index contributed by atoms with van der Waals surface area (Å²) in [6.45, 7) is 4.59. The third-order valence-corrected chi connectivity index (χ3v) is 3.79. The van der Waals surface area contributed by atoms with E-state index >= 15 is 0 Å². The number of halogens is 1. The van der Waals surface area contributed by atoms with Crippen molar-refractivity contribution in [2.45, 2.75) is 30.6 Å². The topological polar surface area (TPSA) is 26.0 Å². The lowest BCUT2D eigenvalue weighted by Crippen LogP contribution is -2.22. The molecule has 1 aromatic carbocycles. The quantitative estimate of drug-likeness (QED) is 0.690. The van der Waals surface area contributed by atoms with Gasteiger partial charge in [0.25, 0.3) is 0 Å². The number of rotatable bonds is 0. The highest BCUT2D eigenvalue weighted by atomic mass is 35.5. The molecule has 1 aliphatic rings. The average molecular weight is 230 g/mol. The molecule has 1 heterocycles. The minimum absolute atomic E-state index is 0. The molecule has 0 spiro atoms. The van der Waals surface area contributed by atoms with Gasteiger partial charge in [-0.05, 0) is 41.4 Å². The summed E-state index contributed by atoms with van der Waals surface area (Å²) >= 11 is 1.94. The van der Waals surface area contributed by atoms with Gasteiger partial charge in [0, 0.05) is 10.6 Å². The van der Waals surface area contributed by atoms with E-state index in [1.165, 1.54) is 22.6 Å². The molecule has 0 aromatic heterocycles. The van der Waals surface area contributed by atoms with Crippen LogP contribution < -0.4 is 5.73 Å². The third kappa shape index (κ3) is 2.01. The van der Waals surface area contributed by atoms with Crippen LogP contribution in [0.2, 0.25) is 0 Å². The maximum atomic E-state index is 5.79. The molecule has 0 saturated heterocycles. The SMILES string of the molecule is CC1(C)CCSc2ccc(N)cc21.Cl. The lowest BCUT2D eigenvalue weighted by atomic mass is 9.81. The van der Waals surface area contributed by atoms with Gasteiger partial charge in [0.1, 0.15) is 0 Å². The van der Waals surface area contributed by atoms with Crippen LogP contribution in [0, 0.1) is 0 Å². The molecule has 0 saturated carbocycles. The van der Waals surface area contributed by atoms with Gasteiger partial charge < -0.3 is 5.73 Å². The van der Waals surface area contributed by atoms with Gasteiger partial charge in [0.2, 0.25) is 0 Å². The van der Waals surface area contributed by atoms with Crippen LogP contribution in [0.1, 0.15) is 25.8 Å². The van der Waals surface area contributed by atoms with Crippen LogP contribution in [0.3, 0.4) is 0 Å². The lowest BCUT2D eigenvalue weighted by Gasteiger charge is -2.32. The van der Waals surface area contributed by atoms with E-state index in [-0.39, 0.29) is 12.4 Å². The van der Waals surface area contributed by atoms with Crippen LogP contribution in [-0.2, 0) is 5.41 Å². The summed E-state index contributed by atoms with van der Waals surface area (Å²) in [5.41, 5.74) is 8.40. The van der Waals surface area contributed by atoms with E-state index < -0.39 is 0 Å². The van der Waals surface area contributed by atoms with Gasteiger partial charge in [-0.25, -0.2) is 0 Å². The van der Waals surface area contributed by atoms with Crippen molar-refractivity contribution >= 4 is 29.9 Å². The van der Waals surface area contributed by atoms with Crippen molar-refractivity contribution in [2.24, 2.45) is 0 Å². The van der Waals surface area contributed by atoms with Crippen LogP contribution in [0.5, 0.6) is 0 Å². The number of hydrogen-bond donors (Lipinski definition) is 1. The first-order chi connectivity index (χ1) is 6.09.